The molecule has 0 radical (unpaired) electrons. The minimum Gasteiger partial charge on any atom is -0.439 e. The Morgan fingerprint density at radius 1 is 0.947 bits per heavy atom. The highest BCUT2D eigenvalue weighted by atomic mass is 16.5. The number of nitrogens with one attached hydrogen (secondary N) is 4. The Hall–Kier alpha value is -5.59. The maximum Gasteiger partial charge on any atom is 0.324 e. The second-order valence-electron chi connectivity index (χ2n) is 8.50. The molecule has 0 aliphatic carbocycles. The van der Waals surface area contributed by atoms with Gasteiger partial charge in [-0.25, -0.2) is 19.7 Å². The number of aromatic amines is 1. The third-order valence-corrected chi connectivity index (χ3v) is 5.66. The molecular weight excluding hydrogens is 486 g/mol. The summed E-state index contributed by atoms with van der Waals surface area (Å²) in [4.78, 5) is 25.4. The number of hydrogen-bond donors (Lipinski definition) is 4. The maximum atomic E-state index is 12.4. The van der Waals surface area contributed by atoms with Crippen molar-refractivity contribution >= 4 is 45.6 Å². The number of ether oxygens (including phenoxy) is 1. The van der Waals surface area contributed by atoms with E-state index in [1.54, 1.807) is 35.3 Å². The van der Waals surface area contributed by atoms with Crippen LogP contribution in [-0.4, -0.2) is 45.8 Å². The number of urea groups is 1. The zero-order chi connectivity index (χ0) is 26.1. The first-order valence-corrected chi connectivity index (χ1v) is 11.6. The third-order valence-electron chi connectivity index (χ3n) is 5.66. The molecule has 13 nitrogen and oxygen atoms in total. The number of carbonyl (C=O) groups is 1. The molecule has 0 aliphatic heterocycles. The van der Waals surface area contributed by atoms with Gasteiger partial charge in [-0.3, -0.25) is 14.8 Å². The summed E-state index contributed by atoms with van der Waals surface area (Å²) in [5.74, 6) is 2.10. The van der Waals surface area contributed by atoms with Gasteiger partial charge in [0.05, 0.1) is 5.52 Å². The van der Waals surface area contributed by atoms with Crippen LogP contribution in [-0.2, 0) is 0 Å². The molecule has 188 valence electrons. The lowest BCUT2D eigenvalue weighted by atomic mass is 10.1. The molecule has 38 heavy (non-hydrogen) atoms. The second kappa shape index (κ2) is 9.46. The normalized spacial score (nSPS) is 11.0. The predicted octanol–water partition coefficient (Wildman–Crippen LogP) is 4.59. The standard InChI is InChI=1S/C25H21N11O2/c1-14-7-16(4-6-20(14)38-23-10-22-35-29-13-36(22)12-28-23)30-24-18-9-17(3-5-19(18)26-11-27-24)31-25(37)32-21-8-15(2)33-34-21/h3-13H,1-2H3,(H,26,27,30)(H3,31,32,33,34,37). The molecule has 6 rings (SSSR count). The Balaban J connectivity index is 1.20. The van der Waals surface area contributed by atoms with Gasteiger partial charge in [0.2, 0.25) is 5.88 Å². The van der Waals surface area contributed by atoms with Crippen LogP contribution in [0.25, 0.3) is 16.6 Å². The quantitative estimate of drug-likeness (QED) is 0.253. The predicted molar refractivity (Wildman–Crippen MR) is 141 cm³/mol. The van der Waals surface area contributed by atoms with E-state index in [9.17, 15) is 4.79 Å². The largest absolute Gasteiger partial charge is 0.439 e. The summed E-state index contributed by atoms with van der Waals surface area (Å²) in [7, 11) is 0. The zero-order valence-corrected chi connectivity index (χ0v) is 20.3. The number of amides is 2. The molecule has 0 saturated heterocycles. The fraction of sp³-hybridized carbons (Fsp3) is 0.0800. The van der Waals surface area contributed by atoms with Gasteiger partial charge in [-0.2, -0.15) is 5.10 Å². The molecule has 6 aromatic rings. The molecule has 0 aliphatic rings. The number of hydrogen-bond acceptors (Lipinski definition) is 9. The highest BCUT2D eigenvalue weighted by Crippen LogP contribution is 2.30. The monoisotopic (exact) mass is 507 g/mol. The number of carbonyl (C=O) groups excluding carboxylic acids is 1. The lowest BCUT2D eigenvalue weighted by Crippen LogP contribution is -2.19. The maximum absolute atomic E-state index is 12.4. The number of nitrogens with zero attached hydrogens (tertiary/aromatic N) is 7. The number of aromatic nitrogens is 8. The number of H-pyrrole nitrogens is 1. The molecule has 0 spiro atoms. The molecule has 2 amide bonds. The minimum atomic E-state index is -0.411. The average molecular weight is 508 g/mol. The second-order valence-corrected chi connectivity index (χ2v) is 8.50. The Morgan fingerprint density at radius 2 is 1.84 bits per heavy atom. The fourth-order valence-electron chi connectivity index (χ4n) is 3.85. The summed E-state index contributed by atoms with van der Waals surface area (Å²) in [5, 5.41) is 24.2. The number of benzene rings is 2. The summed E-state index contributed by atoms with van der Waals surface area (Å²) in [6.07, 6.45) is 4.66. The van der Waals surface area contributed by atoms with E-state index in [0.29, 0.717) is 34.6 Å². The van der Waals surface area contributed by atoms with Gasteiger partial charge in [-0.05, 0) is 55.8 Å². The smallest absolute Gasteiger partial charge is 0.324 e. The van der Waals surface area contributed by atoms with Crippen molar-refractivity contribution in [2.45, 2.75) is 13.8 Å². The van der Waals surface area contributed by atoms with E-state index in [1.807, 2.05) is 44.2 Å². The van der Waals surface area contributed by atoms with Crippen molar-refractivity contribution < 1.29 is 9.53 Å². The first kappa shape index (κ1) is 22.8. The summed E-state index contributed by atoms with van der Waals surface area (Å²) >= 11 is 0. The van der Waals surface area contributed by atoms with Gasteiger partial charge in [-0.15, -0.1) is 10.2 Å². The van der Waals surface area contributed by atoms with Gasteiger partial charge in [0.1, 0.15) is 30.5 Å². The van der Waals surface area contributed by atoms with E-state index in [4.69, 9.17) is 4.74 Å². The van der Waals surface area contributed by atoms with Crippen molar-refractivity contribution in [3.05, 3.63) is 78.8 Å². The molecular formula is C25H21N11O2. The summed E-state index contributed by atoms with van der Waals surface area (Å²) < 4.78 is 7.66. The molecule has 13 heteroatoms. The van der Waals surface area contributed by atoms with Crippen LogP contribution in [0, 0.1) is 13.8 Å². The van der Waals surface area contributed by atoms with Gasteiger partial charge >= 0.3 is 6.03 Å². The summed E-state index contributed by atoms with van der Waals surface area (Å²) in [6.45, 7) is 3.79. The summed E-state index contributed by atoms with van der Waals surface area (Å²) in [5.41, 5.74) is 4.49. The van der Waals surface area contributed by atoms with Gasteiger partial charge in [0.25, 0.3) is 0 Å². The van der Waals surface area contributed by atoms with Crippen LogP contribution in [0.3, 0.4) is 0 Å². The van der Waals surface area contributed by atoms with E-state index in [-0.39, 0.29) is 0 Å². The first-order chi connectivity index (χ1) is 18.5. The van der Waals surface area contributed by atoms with Crippen LogP contribution < -0.4 is 20.7 Å². The van der Waals surface area contributed by atoms with E-state index >= 15 is 0 Å². The van der Waals surface area contributed by atoms with Gasteiger partial charge in [0.15, 0.2) is 11.5 Å². The Morgan fingerprint density at radius 3 is 2.68 bits per heavy atom. The van der Waals surface area contributed by atoms with Crippen molar-refractivity contribution in [1.29, 1.82) is 0 Å². The molecule has 4 aromatic heterocycles. The topological polar surface area (TPSA) is 160 Å². The molecule has 0 atom stereocenters. The van der Waals surface area contributed by atoms with Gasteiger partial charge in [-0.1, -0.05) is 0 Å². The van der Waals surface area contributed by atoms with Crippen molar-refractivity contribution in [1.82, 2.24) is 39.7 Å². The van der Waals surface area contributed by atoms with E-state index in [1.165, 1.54) is 6.33 Å². The average Bonchev–Trinajstić information content (AvgIpc) is 3.54. The van der Waals surface area contributed by atoms with Crippen molar-refractivity contribution in [3.8, 4) is 11.6 Å². The van der Waals surface area contributed by atoms with Gasteiger partial charge < -0.3 is 15.4 Å². The Kier molecular flexibility index (Phi) is 5.69. The molecule has 0 fully saturated rings. The Bertz CT molecular complexity index is 1790. The zero-order valence-electron chi connectivity index (χ0n) is 20.3. The molecule has 0 bridgehead atoms. The lowest BCUT2D eigenvalue weighted by Gasteiger charge is -2.13. The molecule has 2 aromatic carbocycles. The molecule has 4 N–H and O–H groups in total. The van der Waals surface area contributed by atoms with Crippen LogP contribution in [0.1, 0.15) is 11.3 Å². The van der Waals surface area contributed by atoms with Gasteiger partial charge in [0, 0.05) is 34.6 Å². The first-order valence-electron chi connectivity index (χ1n) is 11.6. The van der Waals surface area contributed by atoms with E-state index in [2.05, 4.69) is 51.3 Å². The van der Waals surface area contributed by atoms with Crippen LogP contribution in [0.4, 0.5) is 27.8 Å². The van der Waals surface area contributed by atoms with Crippen LogP contribution in [0.15, 0.2) is 67.5 Å². The molecule has 4 heterocycles. The molecule has 0 unspecified atom stereocenters. The SMILES string of the molecule is Cc1cc(NC(=O)Nc2ccc3ncnc(Nc4ccc(Oc5cc6nncn6cn5)c(C)c4)c3c2)n[nH]1. The highest BCUT2D eigenvalue weighted by Gasteiger charge is 2.11. The fourth-order valence-corrected chi connectivity index (χ4v) is 3.85. The number of anilines is 4. The Labute approximate surface area is 215 Å². The van der Waals surface area contributed by atoms with Crippen LogP contribution in [0.2, 0.25) is 0 Å². The lowest BCUT2D eigenvalue weighted by molar-refractivity contribution is 0.262. The van der Waals surface area contributed by atoms with E-state index in [0.717, 1.165) is 27.8 Å². The number of rotatable bonds is 6. The number of fused-ring (bicyclic) bond motifs is 2. The van der Waals surface area contributed by atoms with Crippen molar-refractivity contribution in [3.63, 3.8) is 0 Å². The summed E-state index contributed by atoms with van der Waals surface area (Å²) in [6, 6.07) is 14.1. The van der Waals surface area contributed by atoms with Crippen molar-refractivity contribution in [2.24, 2.45) is 0 Å². The number of aryl methyl sites for hydroxylation is 2. The minimum absolute atomic E-state index is 0.411. The molecule has 0 saturated carbocycles. The third kappa shape index (κ3) is 4.75. The van der Waals surface area contributed by atoms with Crippen LogP contribution in [0.5, 0.6) is 11.6 Å². The van der Waals surface area contributed by atoms with E-state index < -0.39 is 6.03 Å². The van der Waals surface area contributed by atoms with Crippen molar-refractivity contribution in [2.75, 3.05) is 16.0 Å². The van der Waals surface area contributed by atoms with Crippen LogP contribution >= 0.6 is 0 Å². The highest BCUT2D eigenvalue weighted by molar-refractivity contribution is 6.01.